The second-order valence-electron chi connectivity index (χ2n) is 5.71. The molecule has 0 radical (unpaired) electrons. The molecule has 1 fully saturated rings. The molecular weight excluding hydrogens is 336 g/mol. The molecule has 0 aromatic carbocycles. The van der Waals surface area contributed by atoms with E-state index in [-0.39, 0.29) is 23.8 Å². The van der Waals surface area contributed by atoms with E-state index in [1.165, 1.54) is 11.3 Å². The van der Waals surface area contributed by atoms with E-state index in [2.05, 4.69) is 20.5 Å². The SMILES string of the molecule is CC(C)c1nnc(NC(=O)c2ccc(Cl)nc2OC2CCC2)s1. The first-order valence-corrected chi connectivity index (χ1v) is 8.70. The number of anilines is 1. The summed E-state index contributed by atoms with van der Waals surface area (Å²) in [6, 6.07) is 3.19. The van der Waals surface area contributed by atoms with Gasteiger partial charge >= 0.3 is 0 Å². The van der Waals surface area contributed by atoms with E-state index >= 15 is 0 Å². The predicted molar refractivity (Wildman–Crippen MR) is 89.5 cm³/mol. The summed E-state index contributed by atoms with van der Waals surface area (Å²) in [4.78, 5) is 16.6. The van der Waals surface area contributed by atoms with Gasteiger partial charge in [-0.15, -0.1) is 10.2 Å². The second kappa shape index (κ2) is 6.80. The minimum Gasteiger partial charge on any atom is -0.474 e. The highest BCUT2D eigenvalue weighted by Gasteiger charge is 2.24. The number of amides is 1. The first-order valence-electron chi connectivity index (χ1n) is 7.51. The van der Waals surface area contributed by atoms with Crippen LogP contribution in [0.4, 0.5) is 5.13 Å². The van der Waals surface area contributed by atoms with Gasteiger partial charge in [0.05, 0.1) is 0 Å². The average Bonchev–Trinajstić information content (AvgIpc) is 2.91. The largest absolute Gasteiger partial charge is 0.474 e. The smallest absolute Gasteiger partial charge is 0.262 e. The molecule has 2 heterocycles. The Balaban J connectivity index is 1.77. The highest BCUT2D eigenvalue weighted by molar-refractivity contribution is 7.15. The lowest BCUT2D eigenvalue weighted by molar-refractivity contribution is 0.0979. The fourth-order valence-corrected chi connectivity index (χ4v) is 2.89. The second-order valence-corrected chi connectivity index (χ2v) is 7.11. The summed E-state index contributed by atoms with van der Waals surface area (Å²) in [5, 5.41) is 12.4. The molecule has 1 aliphatic carbocycles. The maximum atomic E-state index is 12.5. The monoisotopic (exact) mass is 352 g/mol. The molecule has 0 spiro atoms. The Kier molecular flexibility index (Phi) is 4.77. The molecular formula is C15H17ClN4O2S. The predicted octanol–water partition coefficient (Wildman–Crippen LogP) is 3.89. The number of pyridine rings is 1. The highest BCUT2D eigenvalue weighted by atomic mass is 35.5. The van der Waals surface area contributed by atoms with E-state index in [9.17, 15) is 4.79 Å². The fraction of sp³-hybridized carbons (Fsp3) is 0.467. The van der Waals surface area contributed by atoms with Crippen molar-refractivity contribution in [2.24, 2.45) is 0 Å². The van der Waals surface area contributed by atoms with Gasteiger partial charge in [0, 0.05) is 5.92 Å². The van der Waals surface area contributed by atoms with Crippen LogP contribution in [0.5, 0.6) is 5.88 Å². The van der Waals surface area contributed by atoms with E-state index in [1.54, 1.807) is 12.1 Å². The molecule has 3 rings (SSSR count). The molecule has 23 heavy (non-hydrogen) atoms. The van der Waals surface area contributed by atoms with Crippen molar-refractivity contribution in [3.63, 3.8) is 0 Å². The Bertz CT molecular complexity index is 715. The molecule has 2 aromatic rings. The molecule has 0 bridgehead atoms. The van der Waals surface area contributed by atoms with Gasteiger partial charge in [-0.1, -0.05) is 36.8 Å². The molecule has 8 heteroatoms. The van der Waals surface area contributed by atoms with Crippen molar-refractivity contribution in [2.75, 3.05) is 5.32 Å². The quantitative estimate of drug-likeness (QED) is 0.826. The van der Waals surface area contributed by atoms with E-state index in [1.807, 2.05) is 13.8 Å². The lowest BCUT2D eigenvalue weighted by Crippen LogP contribution is -2.26. The van der Waals surface area contributed by atoms with Crippen LogP contribution in [0.25, 0.3) is 0 Å². The summed E-state index contributed by atoms with van der Waals surface area (Å²) in [7, 11) is 0. The molecule has 1 aliphatic rings. The van der Waals surface area contributed by atoms with Crippen LogP contribution in [0.15, 0.2) is 12.1 Å². The molecule has 1 N–H and O–H groups in total. The molecule has 0 atom stereocenters. The fourth-order valence-electron chi connectivity index (χ4n) is 2.01. The van der Waals surface area contributed by atoms with E-state index < -0.39 is 0 Å². The first kappa shape index (κ1) is 16.1. The van der Waals surface area contributed by atoms with Gasteiger partial charge in [0.2, 0.25) is 11.0 Å². The van der Waals surface area contributed by atoms with E-state index in [4.69, 9.17) is 16.3 Å². The standard InChI is InChI=1S/C15H17ClN4O2S/c1-8(2)14-19-20-15(23-14)18-12(21)10-6-7-11(16)17-13(10)22-9-4-3-5-9/h6-9H,3-5H2,1-2H3,(H,18,20,21). The molecule has 2 aromatic heterocycles. The van der Waals surface area contributed by atoms with Crippen molar-refractivity contribution < 1.29 is 9.53 Å². The van der Waals surface area contributed by atoms with Crippen LogP contribution in [-0.4, -0.2) is 27.2 Å². The number of nitrogens with one attached hydrogen (secondary N) is 1. The number of carbonyl (C=O) groups is 1. The maximum Gasteiger partial charge on any atom is 0.262 e. The van der Waals surface area contributed by atoms with Crippen LogP contribution < -0.4 is 10.1 Å². The van der Waals surface area contributed by atoms with Crippen LogP contribution in [0.1, 0.15) is 54.4 Å². The number of nitrogens with zero attached hydrogens (tertiary/aromatic N) is 3. The number of aromatic nitrogens is 3. The van der Waals surface area contributed by atoms with E-state index in [0.717, 1.165) is 24.3 Å². The van der Waals surface area contributed by atoms with Crippen molar-refractivity contribution in [1.82, 2.24) is 15.2 Å². The Hall–Kier alpha value is -1.73. The first-order chi connectivity index (χ1) is 11.0. The lowest BCUT2D eigenvalue weighted by Gasteiger charge is -2.26. The summed E-state index contributed by atoms with van der Waals surface area (Å²) in [6.45, 7) is 4.06. The topological polar surface area (TPSA) is 77.0 Å². The van der Waals surface area contributed by atoms with Crippen molar-refractivity contribution >= 4 is 34.0 Å². The van der Waals surface area contributed by atoms with Crippen molar-refractivity contribution in [1.29, 1.82) is 0 Å². The molecule has 6 nitrogen and oxygen atoms in total. The van der Waals surface area contributed by atoms with Crippen molar-refractivity contribution in [3.8, 4) is 5.88 Å². The maximum absolute atomic E-state index is 12.5. The molecule has 1 amide bonds. The van der Waals surface area contributed by atoms with Gasteiger partial charge in [-0.05, 0) is 31.4 Å². The van der Waals surface area contributed by atoms with Crippen LogP contribution >= 0.6 is 22.9 Å². The van der Waals surface area contributed by atoms with Crippen molar-refractivity contribution in [2.45, 2.75) is 45.1 Å². The summed E-state index contributed by atoms with van der Waals surface area (Å²) < 4.78 is 5.78. The Labute approximate surface area is 143 Å². The Morgan fingerprint density at radius 3 is 2.78 bits per heavy atom. The molecule has 0 saturated heterocycles. The molecule has 0 unspecified atom stereocenters. The van der Waals surface area contributed by atoms with Crippen LogP contribution in [0.2, 0.25) is 5.15 Å². The minimum atomic E-state index is -0.324. The van der Waals surface area contributed by atoms with Gasteiger partial charge in [-0.25, -0.2) is 4.98 Å². The van der Waals surface area contributed by atoms with Crippen molar-refractivity contribution in [3.05, 3.63) is 27.9 Å². The summed E-state index contributed by atoms with van der Waals surface area (Å²) >= 11 is 7.28. The normalized spacial score (nSPS) is 14.6. The molecule has 1 saturated carbocycles. The Morgan fingerprint density at radius 2 is 2.17 bits per heavy atom. The summed E-state index contributed by atoms with van der Waals surface area (Å²) in [5.41, 5.74) is 0.350. The van der Waals surface area contributed by atoms with Gasteiger partial charge in [0.25, 0.3) is 5.91 Å². The lowest BCUT2D eigenvalue weighted by atomic mass is 9.96. The third-order valence-electron chi connectivity index (χ3n) is 3.56. The van der Waals surface area contributed by atoms with Crippen LogP contribution in [0, 0.1) is 0 Å². The minimum absolute atomic E-state index is 0.113. The van der Waals surface area contributed by atoms with Gasteiger partial charge < -0.3 is 4.74 Å². The average molecular weight is 353 g/mol. The van der Waals surface area contributed by atoms with Gasteiger partial charge in [0.1, 0.15) is 21.8 Å². The molecule has 122 valence electrons. The van der Waals surface area contributed by atoms with Gasteiger partial charge in [-0.3, -0.25) is 10.1 Å². The number of hydrogen-bond donors (Lipinski definition) is 1. The number of halogens is 1. The molecule has 0 aliphatic heterocycles. The summed E-state index contributed by atoms with van der Waals surface area (Å²) in [5.74, 6) is 0.219. The van der Waals surface area contributed by atoms with Gasteiger partial charge in [0.15, 0.2) is 0 Å². The zero-order chi connectivity index (χ0) is 16.4. The number of rotatable bonds is 5. The Morgan fingerprint density at radius 1 is 1.39 bits per heavy atom. The third-order valence-corrected chi connectivity index (χ3v) is 4.91. The van der Waals surface area contributed by atoms with Crippen LogP contribution in [0.3, 0.4) is 0 Å². The third kappa shape index (κ3) is 3.79. The van der Waals surface area contributed by atoms with Crippen LogP contribution in [-0.2, 0) is 0 Å². The zero-order valence-electron chi connectivity index (χ0n) is 12.9. The zero-order valence-corrected chi connectivity index (χ0v) is 14.4. The summed E-state index contributed by atoms with van der Waals surface area (Å²) in [6.07, 6.45) is 3.20. The number of ether oxygens (including phenoxy) is 1. The highest BCUT2D eigenvalue weighted by Crippen LogP contribution is 2.28. The van der Waals surface area contributed by atoms with E-state index in [0.29, 0.717) is 15.8 Å². The number of carbonyl (C=O) groups excluding carboxylic acids is 1. The number of hydrogen-bond acceptors (Lipinski definition) is 6. The van der Waals surface area contributed by atoms with Gasteiger partial charge in [-0.2, -0.15) is 0 Å².